The van der Waals surface area contributed by atoms with Crippen LogP contribution in [0.3, 0.4) is 0 Å². The molecule has 2 rings (SSSR count). The summed E-state index contributed by atoms with van der Waals surface area (Å²) in [6.45, 7) is 1.59. The van der Waals surface area contributed by atoms with Crippen molar-refractivity contribution in [2.45, 2.75) is 6.42 Å². The first-order valence-electron chi connectivity index (χ1n) is 4.46. The Morgan fingerprint density at radius 1 is 1.43 bits per heavy atom. The molecule has 1 amide bonds. The minimum absolute atomic E-state index is 0.0464. The molecule has 1 aliphatic rings. The molecule has 0 atom stereocenters. The Balaban J connectivity index is 2.29. The van der Waals surface area contributed by atoms with Crippen molar-refractivity contribution in [2.75, 3.05) is 13.1 Å². The van der Waals surface area contributed by atoms with Crippen LogP contribution in [0.1, 0.15) is 16.8 Å². The molecule has 1 aromatic carbocycles. The monoisotopic (exact) mass is 255 g/mol. The smallest absolute Gasteiger partial charge is 0.257 e. The predicted octanol–water partition coefficient (Wildman–Crippen LogP) is 2.00. The van der Waals surface area contributed by atoms with E-state index in [0.29, 0.717) is 5.56 Å². The first-order chi connectivity index (χ1) is 6.68. The van der Waals surface area contributed by atoms with Crippen molar-refractivity contribution in [1.29, 1.82) is 0 Å². The van der Waals surface area contributed by atoms with Gasteiger partial charge in [0.25, 0.3) is 5.91 Å². The molecular formula is C10H10BrNO2. The molecule has 0 spiro atoms. The van der Waals surface area contributed by atoms with Gasteiger partial charge in [-0.25, -0.2) is 0 Å². The number of phenolic OH excluding ortho intramolecular Hbond substituents is 1. The average Bonchev–Trinajstić information content (AvgIpc) is 2.06. The van der Waals surface area contributed by atoms with Gasteiger partial charge in [-0.15, -0.1) is 0 Å². The fourth-order valence-corrected chi connectivity index (χ4v) is 1.73. The highest BCUT2D eigenvalue weighted by atomic mass is 79.9. The quantitative estimate of drug-likeness (QED) is 0.834. The Morgan fingerprint density at radius 2 is 2.14 bits per heavy atom. The zero-order valence-corrected chi connectivity index (χ0v) is 9.12. The van der Waals surface area contributed by atoms with Crippen molar-refractivity contribution in [3.8, 4) is 5.75 Å². The van der Waals surface area contributed by atoms with Crippen molar-refractivity contribution in [1.82, 2.24) is 4.90 Å². The van der Waals surface area contributed by atoms with Crippen LogP contribution in [0.25, 0.3) is 0 Å². The van der Waals surface area contributed by atoms with Crippen LogP contribution in [0.4, 0.5) is 0 Å². The van der Waals surface area contributed by atoms with Crippen LogP contribution < -0.4 is 0 Å². The largest absolute Gasteiger partial charge is 0.507 e. The number of likely N-dealkylation sites (tertiary alicyclic amines) is 1. The Morgan fingerprint density at radius 3 is 2.71 bits per heavy atom. The number of hydrogen-bond donors (Lipinski definition) is 1. The molecule has 14 heavy (non-hydrogen) atoms. The van der Waals surface area contributed by atoms with Crippen LogP contribution in [0.2, 0.25) is 0 Å². The zero-order chi connectivity index (χ0) is 10.1. The molecule has 0 aromatic heterocycles. The summed E-state index contributed by atoms with van der Waals surface area (Å²) in [4.78, 5) is 13.5. The molecule has 1 heterocycles. The second-order valence-corrected chi connectivity index (χ2v) is 4.22. The van der Waals surface area contributed by atoms with E-state index in [1.165, 1.54) is 6.07 Å². The van der Waals surface area contributed by atoms with Gasteiger partial charge in [-0.05, 0) is 24.6 Å². The number of amides is 1. The summed E-state index contributed by atoms with van der Waals surface area (Å²) in [6.07, 6.45) is 1.06. The Hall–Kier alpha value is -1.03. The summed E-state index contributed by atoms with van der Waals surface area (Å²) < 4.78 is 0.805. The maximum absolute atomic E-state index is 11.7. The Kier molecular flexibility index (Phi) is 2.46. The number of nitrogens with zero attached hydrogens (tertiary/aromatic N) is 1. The molecule has 0 radical (unpaired) electrons. The number of halogens is 1. The highest BCUT2D eigenvalue weighted by Gasteiger charge is 2.23. The van der Waals surface area contributed by atoms with E-state index < -0.39 is 0 Å². The summed E-state index contributed by atoms with van der Waals surface area (Å²) in [5, 5.41) is 9.51. The molecule has 1 N–H and O–H groups in total. The zero-order valence-electron chi connectivity index (χ0n) is 7.53. The van der Waals surface area contributed by atoms with E-state index in [1.807, 2.05) is 0 Å². The molecule has 4 heteroatoms. The van der Waals surface area contributed by atoms with Gasteiger partial charge in [-0.2, -0.15) is 0 Å². The van der Waals surface area contributed by atoms with E-state index in [1.54, 1.807) is 17.0 Å². The third-order valence-corrected chi connectivity index (χ3v) is 2.83. The number of carbonyl (C=O) groups excluding carboxylic acids is 1. The van der Waals surface area contributed by atoms with Gasteiger partial charge in [-0.3, -0.25) is 4.79 Å². The molecule has 0 unspecified atom stereocenters. The first kappa shape index (κ1) is 9.52. The van der Waals surface area contributed by atoms with E-state index in [0.717, 1.165) is 24.0 Å². The van der Waals surface area contributed by atoms with Gasteiger partial charge in [0.05, 0.1) is 5.56 Å². The molecule has 0 saturated carbocycles. The summed E-state index contributed by atoms with van der Waals surface area (Å²) in [6, 6.07) is 4.88. The number of phenols is 1. The summed E-state index contributed by atoms with van der Waals surface area (Å²) in [7, 11) is 0. The lowest BCUT2D eigenvalue weighted by Gasteiger charge is -2.31. The second-order valence-electron chi connectivity index (χ2n) is 3.31. The SMILES string of the molecule is O=C(c1cc(Br)ccc1O)N1CCC1. The molecule has 0 bridgehead atoms. The average molecular weight is 256 g/mol. The van der Waals surface area contributed by atoms with Crippen LogP contribution in [0.5, 0.6) is 5.75 Å². The van der Waals surface area contributed by atoms with E-state index in [4.69, 9.17) is 0 Å². The van der Waals surface area contributed by atoms with E-state index in [2.05, 4.69) is 15.9 Å². The van der Waals surface area contributed by atoms with E-state index in [-0.39, 0.29) is 11.7 Å². The lowest BCUT2D eigenvalue weighted by molar-refractivity contribution is 0.0648. The summed E-state index contributed by atoms with van der Waals surface area (Å²) in [5.41, 5.74) is 0.374. The maximum Gasteiger partial charge on any atom is 0.257 e. The van der Waals surface area contributed by atoms with Crippen LogP contribution >= 0.6 is 15.9 Å². The van der Waals surface area contributed by atoms with Gasteiger partial charge in [0.15, 0.2) is 0 Å². The van der Waals surface area contributed by atoms with Crippen molar-refractivity contribution in [3.63, 3.8) is 0 Å². The molecular weight excluding hydrogens is 246 g/mol. The summed E-state index contributed by atoms with van der Waals surface area (Å²) >= 11 is 3.27. The highest BCUT2D eigenvalue weighted by Crippen LogP contribution is 2.24. The molecule has 1 fully saturated rings. The number of rotatable bonds is 1. The second kappa shape index (κ2) is 3.61. The van der Waals surface area contributed by atoms with Gasteiger partial charge >= 0.3 is 0 Å². The van der Waals surface area contributed by atoms with Gasteiger partial charge in [-0.1, -0.05) is 15.9 Å². The molecule has 0 aliphatic carbocycles. The van der Waals surface area contributed by atoms with Crippen molar-refractivity contribution >= 4 is 21.8 Å². The van der Waals surface area contributed by atoms with Crippen molar-refractivity contribution in [2.24, 2.45) is 0 Å². The van der Waals surface area contributed by atoms with Gasteiger partial charge in [0.1, 0.15) is 5.75 Å². The Bertz CT molecular complexity index is 374. The first-order valence-corrected chi connectivity index (χ1v) is 5.25. The lowest BCUT2D eigenvalue weighted by Crippen LogP contribution is -2.42. The maximum atomic E-state index is 11.7. The molecule has 1 aliphatic heterocycles. The molecule has 74 valence electrons. The third kappa shape index (κ3) is 1.62. The van der Waals surface area contributed by atoms with Gasteiger partial charge in [0.2, 0.25) is 0 Å². The minimum atomic E-state index is -0.0879. The van der Waals surface area contributed by atoms with E-state index in [9.17, 15) is 9.90 Å². The Labute approximate surface area is 90.5 Å². The van der Waals surface area contributed by atoms with Crippen LogP contribution in [0.15, 0.2) is 22.7 Å². The fourth-order valence-electron chi connectivity index (χ4n) is 1.37. The van der Waals surface area contributed by atoms with Crippen LogP contribution in [0, 0.1) is 0 Å². The molecule has 3 nitrogen and oxygen atoms in total. The van der Waals surface area contributed by atoms with Crippen LogP contribution in [-0.4, -0.2) is 29.0 Å². The highest BCUT2D eigenvalue weighted by molar-refractivity contribution is 9.10. The topological polar surface area (TPSA) is 40.5 Å². The van der Waals surface area contributed by atoms with Crippen molar-refractivity contribution < 1.29 is 9.90 Å². The number of aromatic hydroxyl groups is 1. The predicted molar refractivity (Wildman–Crippen MR) is 56.3 cm³/mol. The van der Waals surface area contributed by atoms with Gasteiger partial charge in [0, 0.05) is 17.6 Å². The van der Waals surface area contributed by atoms with E-state index >= 15 is 0 Å². The minimum Gasteiger partial charge on any atom is -0.507 e. The lowest BCUT2D eigenvalue weighted by atomic mass is 10.1. The normalized spacial score (nSPS) is 15.1. The summed E-state index contributed by atoms with van der Waals surface area (Å²) in [5.74, 6) is -0.0415. The van der Waals surface area contributed by atoms with Gasteiger partial charge < -0.3 is 10.0 Å². The fraction of sp³-hybridized carbons (Fsp3) is 0.300. The third-order valence-electron chi connectivity index (χ3n) is 2.33. The molecule has 1 saturated heterocycles. The van der Waals surface area contributed by atoms with Crippen molar-refractivity contribution in [3.05, 3.63) is 28.2 Å². The number of carbonyl (C=O) groups is 1. The van der Waals surface area contributed by atoms with Crippen LogP contribution in [-0.2, 0) is 0 Å². The number of hydrogen-bond acceptors (Lipinski definition) is 2. The molecule has 1 aromatic rings. The standard InChI is InChI=1S/C10H10BrNO2/c11-7-2-3-9(13)8(6-7)10(14)12-4-1-5-12/h2-3,6,13H,1,4-5H2. The number of benzene rings is 1.